The van der Waals surface area contributed by atoms with E-state index in [1.54, 1.807) is 0 Å². The van der Waals surface area contributed by atoms with E-state index in [2.05, 4.69) is 38.1 Å². The molecule has 2 aliphatic heterocycles. The Morgan fingerprint density at radius 1 is 1.09 bits per heavy atom. The number of rotatable bonds is 4. The van der Waals surface area contributed by atoms with Crippen LogP contribution in [0.25, 0.3) is 0 Å². The summed E-state index contributed by atoms with van der Waals surface area (Å²) in [6.45, 7) is 10.2. The van der Waals surface area contributed by atoms with Crippen molar-refractivity contribution in [1.82, 2.24) is 4.90 Å². The molecule has 4 rings (SSSR count). The molecule has 6 nitrogen and oxygen atoms in total. The summed E-state index contributed by atoms with van der Waals surface area (Å²) in [6, 6.07) is 17.5. The van der Waals surface area contributed by atoms with Gasteiger partial charge in [-0.1, -0.05) is 80.5 Å². The highest BCUT2D eigenvalue weighted by molar-refractivity contribution is 6.06. The summed E-state index contributed by atoms with van der Waals surface area (Å²) in [4.78, 5) is 32.7. The van der Waals surface area contributed by atoms with Crippen LogP contribution in [-0.2, 0) is 26.2 Å². The fourth-order valence-corrected chi connectivity index (χ4v) is 4.20. The van der Waals surface area contributed by atoms with Crippen molar-refractivity contribution >= 4 is 17.7 Å². The molecule has 0 spiro atoms. The van der Waals surface area contributed by atoms with E-state index in [4.69, 9.17) is 9.57 Å². The van der Waals surface area contributed by atoms with Gasteiger partial charge < -0.3 is 9.57 Å². The van der Waals surface area contributed by atoms with Crippen molar-refractivity contribution in [2.24, 2.45) is 5.16 Å². The van der Waals surface area contributed by atoms with Gasteiger partial charge in [0.2, 0.25) is 6.10 Å². The van der Waals surface area contributed by atoms with Gasteiger partial charge in [-0.25, -0.2) is 9.69 Å². The largest absolute Gasteiger partial charge is 0.441 e. The van der Waals surface area contributed by atoms with Crippen LogP contribution in [-0.4, -0.2) is 40.4 Å². The third-order valence-corrected chi connectivity index (χ3v) is 6.20. The number of carbonyl (C=O) groups excluding carboxylic acids is 2. The Morgan fingerprint density at radius 3 is 2.38 bits per heavy atom. The van der Waals surface area contributed by atoms with Gasteiger partial charge in [-0.3, -0.25) is 4.79 Å². The van der Waals surface area contributed by atoms with Crippen molar-refractivity contribution in [2.75, 3.05) is 0 Å². The lowest BCUT2D eigenvalue weighted by Gasteiger charge is -2.28. The van der Waals surface area contributed by atoms with Crippen LogP contribution in [0.3, 0.4) is 0 Å². The minimum Gasteiger partial charge on any atom is -0.441 e. The Morgan fingerprint density at radius 2 is 1.75 bits per heavy atom. The topological polar surface area (TPSA) is 68.2 Å². The summed E-state index contributed by atoms with van der Waals surface area (Å²) in [5.41, 5.74) is 3.13. The van der Waals surface area contributed by atoms with Gasteiger partial charge in [0.15, 0.2) is 0 Å². The highest BCUT2D eigenvalue weighted by Crippen LogP contribution is 2.34. The zero-order valence-corrected chi connectivity index (χ0v) is 19.3. The normalized spacial score (nSPS) is 22.3. The van der Waals surface area contributed by atoms with Crippen molar-refractivity contribution in [3.05, 3.63) is 71.3 Å². The van der Waals surface area contributed by atoms with Crippen LogP contribution < -0.4 is 0 Å². The molecule has 0 radical (unpaired) electrons. The Balaban J connectivity index is 1.49. The first-order valence-corrected chi connectivity index (χ1v) is 11.0. The van der Waals surface area contributed by atoms with Gasteiger partial charge in [0.25, 0.3) is 5.91 Å². The standard InChI is InChI=1S/C26H30N2O4/c1-25(2,3)19-13-11-18(12-14-19)20-16-21(32-27-20)23(29)28-22(26(4,5)31-24(28)30)15-17-9-7-6-8-10-17/h6-14,21-22H,15-16H2,1-5H3/t21-,22-/m0/s1. The highest BCUT2D eigenvalue weighted by Gasteiger charge is 2.52. The molecule has 0 aromatic heterocycles. The zero-order chi connectivity index (χ0) is 23.1. The fourth-order valence-electron chi connectivity index (χ4n) is 4.20. The van der Waals surface area contributed by atoms with Crippen LogP contribution >= 0.6 is 0 Å². The number of hydrogen-bond donors (Lipinski definition) is 0. The number of ether oxygens (including phenoxy) is 1. The lowest BCUT2D eigenvalue weighted by molar-refractivity contribution is -0.140. The summed E-state index contributed by atoms with van der Waals surface area (Å²) in [7, 11) is 0. The summed E-state index contributed by atoms with van der Waals surface area (Å²) in [6.07, 6.45) is -0.643. The van der Waals surface area contributed by atoms with Gasteiger partial charge in [0.1, 0.15) is 5.60 Å². The second kappa shape index (κ2) is 8.08. The Kier molecular flexibility index (Phi) is 5.57. The van der Waals surface area contributed by atoms with Crippen LogP contribution in [0, 0.1) is 0 Å². The number of hydrogen-bond acceptors (Lipinski definition) is 5. The summed E-state index contributed by atoms with van der Waals surface area (Å²) < 4.78 is 5.56. The van der Waals surface area contributed by atoms with E-state index in [-0.39, 0.29) is 5.41 Å². The molecule has 2 aromatic carbocycles. The monoisotopic (exact) mass is 434 g/mol. The van der Waals surface area contributed by atoms with Crippen LogP contribution in [0.5, 0.6) is 0 Å². The van der Waals surface area contributed by atoms with Gasteiger partial charge >= 0.3 is 6.09 Å². The van der Waals surface area contributed by atoms with Crippen molar-refractivity contribution in [3.63, 3.8) is 0 Å². The van der Waals surface area contributed by atoms with Gasteiger partial charge in [-0.15, -0.1) is 0 Å². The minimum absolute atomic E-state index is 0.0572. The van der Waals surface area contributed by atoms with E-state index in [1.807, 2.05) is 56.3 Å². The lowest BCUT2D eigenvalue weighted by Crippen LogP contribution is -2.49. The van der Waals surface area contributed by atoms with Crippen LogP contribution in [0.2, 0.25) is 0 Å². The average Bonchev–Trinajstić information content (AvgIpc) is 3.31. The molecule has 2 aromatic rings. The second-order valence-electron chi connectivity index (χ2n) is 10.0. The van der Waals surface area contributed by atoms with Gasteiger partial charge in [-0.2, -0.15) is 0 Å². The van der Waals surface area contributed by atoms with E-state index in [1.165, 1.54) is 10.5 Å². The molecule has 0 saturated carbocycles. The summed E-state index contributed by atoms with van der Waals surface area (Å²) in [5, 5.41) is 4.16. The first-order chi connectivity index (χ1) is 15.1. The molecule has 2 heterocycles. The van der Waals surface area contributed by atoms with Crippen molar-refractivity contribution in [2.45, 2.75) is 70.6 Å². The number of imide groups is 1. The van der Waals surface area contributed by atoms with E-state index < -0.39 is 29.7 Å². The van der Waals surface area contributed by atoms with Gasteiger partial charge in [-0.05, 0) is 42.4 Å². The molecule has 168 valence electrons. The SMILES string of the molecule is CC(C)(C)c1ccc(C2=NO[C@H](C(=O)N3C(=O)OC(C)(C)[C@@H]3Cc3ccccc3)C2)cc1. The molecular weight excluding hydrogens is 404 g/mol. The van der Waals surface area contributed by atoms with Crippen molar-refractivity contribution < 1.29 is 19.2 Å². The Labute approximate surface area is 189 Å². The maximum Gasteiger partial charge on any atom is 0.417 e. The summed E-state index contributed by atoms with van der Waals surface area (Å²) in [5.74, 6) is -0.411. The summed E-state index contributed by atoms with van der Waals surface area (Å²) >= 11 is 0. The average molecular weight is 435 g/mol. The zero-order valence-electron chi connectivity index (χ0n) is 19.3. The molecule has 0 aliphatic carbocycles. The van der Waals surface area contributed by atoms with Gasteiger partial charge in [0, 0.05) is 6.42 Å². The highest BCUT2D eigenvalue weighted by atomic mass is 16.6. The first kappa shape index (κ1) is 22.1. The number of nitrogens with zero attached hydrogens (tertiary/aromatic N) is 2. The van der Waals surface area contributed by atoms with Crippen LogP contribution in [0.15, 0.2) is 59.8 Å². The molecule has 0 unspecified atom stereocenters. The third kappa shape index (κ3) is 4.27. The Bertz CT molecular complexity index is 1040. The van der Waals surface area contributed by atoms with E-state index in [9.17, 15) is 9.59 Å². The predicted molar refractivity (Wildman–Crippen MR) is 123 cm³/mol. The first-order valence-electron chi connectivity index (χ1n) is 11.0. The number of carbonyl (C=O) groups is 2. The van der Waals surface area contributed by atoms with E-state index >= 15 is 0 Å². The molecule has 1 fully saturated rings. The molecule has 2 aliphatic rings. The van der Waals surface area contributed by atoms with Crippen LogP contribution in [0.1, 0.15) is 57.7 Å². The maximum atomic E-state index is 13.3. The number of amides is 2. The smallest absolute Gasteiger partial charge is 0.417 e. The molecule has 6 heteroatoms. The fraction of sp³-hybridized carbons (Fsp3) is 0.423. The molecule has 32 heavy (non-hydrogen) atoms. The molecule has 2 atom stereocenters. The number of oxime groups is 1. The number of benzene rings is 2. The lowest BCUT2D eigenvalue weighted by atomic mass is 9.86. The second-order valence-corrected chi connectivity index (χ2v) is 10.0. The van der Waals surface area contributed by atoms with Gasteiger partial charge in [0.05, 0.1) is 11.8 Å². The third-order valence-electron chi connectivity index (χ3n) is 6.20. The quantitative estimate of drug-likeness (QED) is 0.690. The van der Waals surface area contributed by atoms with Crippen LogP contribution in [0.4, 0.5) is 4.79 Å². The molecule has 2 amide bonds. The molecule has 0 N–H and O–H groups in total. The van der Waals surface area contributed by atoms with E-state index in [0.29, 0.717) is 18.6 Å². The van der Waals surface area contributed by atoms with Crippen molar-refractivity contribution in [3.8, 4) is 0 Å². The maximum absolute atomic E-state index is 13.3. The van der Waals surface area contributed by atoms with E-state index in [0.717, 1.165) is 11.1 Å². The predicted octanol–water partition coefficient (Wildman–Crippen LogP) is 4.85. The minimum atomic E-state index is -0.841. The molecule has 0 bridgehead atoms. The van der Waals surface area contributed by atoms with Crippen molar-refractivity contribution in [1.29, 1.82) is 0 Å². The number of cyclic esters (lactones) is 1. The molecule has 1 saturated heterocycles. The Hall–Kier alpha value is -3.15. The molecular formula is C26H30N2O4.